The van der Waals surface area contributed by atoms with Crippen LogP contribution in [0.4, 0.5) is 0 Å². The number of hydrogen-bond acceptors (Lipinski definition) is 7. The minimum atomic E-state index is -1.58. The normalized spacial score (nSPS) is 31.4. The molecule has 0 radical (unpaired) electrons. The van der Waals surface area contributed by atoms with Gasteiger partial charge in [-0.25, -0.2) is 4.99 Å². The van der Waals surface area contributed by atoms with Crippen LogP contribution in [0.15, 0.2) is 29.3 Å². The molecule has 0 bridgehead atoms. The van der Waals surface area contributed by atoms with Gasteiger partial charge in [0.05, 0.1) is 19.2 Å². The molecule has 25 heavy (non-hydrogen) atoms. The van der Waals surface area contributed by atoms with Gasteiger partial charge in [0.25, 0.3) is 5.91 Å². The lowest BCUT2D eigenvalue weighted by Gasteiger charge is -2.31. The molecule has 1 aliphatic carbocycles. The Balaban J connectivity index is 2.21. The Bertz CT molecular complexity index is 803. The van der Waals surface area contributed by atoms with Crippen molar-refractivity contribution < 1.29 is 14.2 Å². The maximum Gasteiger partial charge on any atom is 0.293 e. The highest BCUT2D eigenvalue weighted by atomic mass is 16.7. The summed E-state index contributed by atoms with van der Waals surface area (Å²) in [5.74, 6) is -1.39. The Morgan fingerprint density at radius 3 is 2.40 bits per heavy atom. The van der Waals surface area contributed by atoms with Gasteiger partial charge in [-0.15, -0.1) is 0 Å². The van der Waals surface area contributed by atoms with Crippen molar-refractivity contribution in [2.45, 2.75) is 25.7 Å². The Morgan fingerprint density at radius 1 is 1.20 bits per heavy atom. The average molecular weight is 340 g/mol. The van der Waals surface area contributed by atoms with Crippen molar-refractivity contribution in [3.05, 3.63) is 29.8 Å². The summed E-state index contributed by atoms with van der Waals surface area (Å²) in [4.78, 5) is 4.31. The van der Waals surface area contributed by atoms with Gasteiger partial charge in [0.2, 0.25) is 0 Å². The Labute approximate surface area is 146 Å². The molecular weight excluding hydrogens is 320 g/mol. The summed E-state index contributed by atoms with van der Waals surface area (Å²) < 4.78 is 16.9. The molecule has 1 aromatic rings. The lowest BCUT2D eigenvalue weighted by atomic mass is 9.93. The molecule has 0 aromatic heterocycles. The number of hydrogen-bond donors (Lipinski definition) is 1. The van der Waals surface area contributed by atoms with Crippen LogP contribution < -0.4 is 10.5 Å². The predicted octanol–water partition coefficient (Wildman–Crippen LogP) is 1.91. The highest BCUT2D eigenvalue weighted by molar-refractivity contribution is 6.00. The fourth-order valence-corrected chi connectivity index (χ4v) is 4.07. The van der Waals surface area contributed by atoms with Gasteiger partial charge in [0, 0.05) is 19.1 Å². The Hall–Kier alpha value is -2.61. The summed E-state index contributed by atoms with van der Waals surface area (Å²) in [6.07, 6.45) is 0. The standard InChI is InChI=1S/C18H20N4O3/c1-4-24-18(25-5-2)17(11-20)14(16(17,10-19)15(21)22-18)12-7-6-8-13(9-12)23-3/h6-9,14H,4-5H2,1-3H3,(H2,21,22)/t14-,16+,17+/m0/s1. The third-order valence-electron chi connectivity index (χ3n) is 5.03. The van der Waals surface area contributed by atoms with Gasteiger partial charge in [-0.2, -0.15) is 10.5 Å². The van der Waals surface area contributed by atoms with Gasteiger partial charge in [-0.1, -0.05) is 12.1 Å². The van der Waals surface area contributed by atoms with Crippen LogP contribution in [0.3, 0.4) is 0 Å². The highest BCUT2D eigenvalue weighted by Gasteiger charge is 2.93. The van der Waals surface area contributed by atoms with Crippen molar-refractivity contribution in [3.8, 4) is 17.9 Å². The second-order valence-electron chi connectivity index (χ2n) is 5.99. The zero-order valence-electron chi connectivity index (χ0n) is 14.4. The minimum absolute atomic E-state index is 0.0752. The van der Waals surface area contributed by atoms with E-state index in [1.165, 1.54) is 0 Å². The van der Waals surface area contributed by atoms with Gasteiger partial charge in [-0.3, -0.25) is 0 Å². The van der Waals surface area contributed by atoms with Crippen molar-refractivity contribution in [1.82, 2.24) is 0 Å². The van der Waals surface area contributed by atoms with Crippen molar-refractivity contribution in [2.24, 2.45) is 21.6 Å². The first-order valence-electron chi connectivity index (χ1n) is 8.13. The molecule has 7 heteroatoms. The topological polar surface area (TPSA) is 114 Å². The molecular formula is C18H20N4O3. The van der Waals surface area contributed by atoms with E-state index in [0.29, 0.717) is 5.75 Å². The molecule has 0 spiro atoms. The number of nitrogens with two attached hydrogens (primary N) is 1. The maximum absolute atomic E-state index is 10.1. The molecule has 0 unspecified atom stereocenters. The number of amidine groups is 1. The molecule has 1 aliphatic heterocycles. The van der Waals surface area contributed by atoms with Crippen LogP contribution in [0.2, 0.25) is 0 Å². The molecule has 0 saturated heterocycles. The largest absolute Gasteiger partial charge is 0.497 e. The van der Waals surface area contributed by atoms with E-state index in [1.807, 2.05) is 12.1 Å². The first-order valence-corrected chi connectivity index (χ1v) is 8.13. The second kappa shape index (κ2) is 5.73. The lowest BCUT2D eigenvalue weighted by Crippen LogP contribution is -2.43. The van der Waals surface area contributed by atoms with Gasteiger partial charge >= 0.3 is 0 Å². The van der Waals surface area contributed by atoms with Crippen LogP contribution in [-0.4, -0.2) is 32.1 Å². The molecule has 2 aliphatic rings. The average Bonchev–Trinajstić information content (AvgIpc) is 3.21. The first-order chi connectivity index (χ1) is 12.0. The monoisotopic (exact) mass is 340 g/mol. The van der Waals surface area contributed by atoms with Crippen molar-refractivity contribution in [3.63, 3.8) is 0 Å². The van der Waals surface area contributed by atoms with Crippen LogP contribution >= 0.6 is 0 Å². The van der Waals surface area contributed by atoms with Crippen LogP contribution in [0.25, 0.3) is 0 Å². The molecule has 1 fully saturated rings. The summed E-state index contributed by atoms with van der Waals surface area (Å²) >= 11 is 0. The maximum atomic E-state index is 10.1. The highest BCUT2D eigenvalue weighted by Crippen LogP contribution is 2.82. The summed E-state index contributed by atoms with van der Waals surface area (Å²) in [5, 5.41) is 20.1. The number of nitriles is 2. The third-order valence-corrected chi connectivity index (χ3v) is 5.03. The number of aliphatic imine (C=N–C) groups is 1. The lowest BCUT2D eigenvalue weighted by molar-refractivity contribution is -0.255. The number of nitrogens with zero attached hydrogens (tertiary/aromatic N) is 3. The fourth-order valence-electron chi connectivity index (χ4n) is 4.07. The van der Waals surface area contributed by atoms with E-state index in [4.69, 9.17) is 19.9 Å². The Kier molecular flexibility index (Phi) is 3.95. The summed E-state index contributed by atoms with van der Waals surface area (Å²) in [6, 6.07) is 11.8. The van der Waals surface area contributed by atoms with Crippen molar-refractivity contribution in [1.29, 1.82) is 10.5 Å². The van der Waals surface area contributed by atoms with Crippen molar-refractivity contribution >= 4 is 5.84 Å². The Morgan fingerprint density at radius 2 is 1.88 bits per heavy atom. The molecule has 2 N–H and O–H groups in total. The molecule has 0 amide bonds. The minimum Gasteiger partial charge on any atom is -0.497 e. The zero-order chi connectivity index (χ0) is 18.3. The molecule has 3 rings (SSSR count). The quantitative estimate of drug-likeness (QED) is 0.791. The summed E-state index contributed by atoms with van der Waals surface area (Å²) in [7, 11) is 1.56. The van der Waals surface area contributed by atoms with E-state index in [1.54, 1.807) is 33.1 Å². The van der Waals surface area contributed by atoms with Crippen LogP contribution in [0, 0.1) is 33.5 Å². The van der Waals surface area contributed by atoms with Crippen molar-refractivity contribution in [2.75, 3.05) is 20.3 Å². The van der Waals surface area contributed by atoms with E-state index in [9.17, 15) is 10.5 Å². The number of fused-ring (bicyclic) bond motifs is 1. The van der Waals surface area contributed by atoms with E-state index in [0.717, 1.165) is 5.56 Å². The second-order valence-corrected chi connectivity index (χ2v) is 5.99. The predicted molar refractivity (Wildman–Crippen MR) is 89.4 cm³/mol. The van der Waals surface area contributed by atoms with Crippen LogP contribution in [0.1, 0.15) is 25.3 Å². The zero-order valence-corrected chi connectivity index (χ0v) is 14.4. The SMILES string of the molecule is CCOC1(OCC)N=C(N)[C@@]2(C#N)[C@H](c3cccc(OC)c3)[C@@]12C#N. The molecule has 3 atom stereocenters. The smallest absolute Gasteiger partial charge is 0.293 e. The number of methoxy groups -OCH3 is 1. The molecule has 1 saturated carbocycles. The van der Waals surface area contributed by atoms with E-state index < -0.39 is 22.7 Å². The van der Waals surface area contributed by atoms with Gasteiger partial charge in [0.1, 0.15) is 17.0 Å². The molecule has 1 aromatic carbocycles. The van der Waals surface area contributed by atoms with E-state index in [-0.39, 0.29) is 19.0 Å². The molecule has 7 nitrogen and oxygen atoms in total. The summed E-state index contributed by atoms with van der Waals surface area (Å²) in [6.45, 7) is 4.11. The first kappa shape index (κ1) is 17.2. The summed E-state index contributed by atoms with van der Waals surface area (Å²) in [5.41, 5.74) is 4.30. The van der Waals surface area contributed by atoms with Crippen LogP contribution in [0.5, 0.6) is 5.75 Å². The fraction of sp³-hybridized carbons (Fsp3) is 0.500. The number of ether oxygens (including phenoxy) is 3. The van der Waals surface area contributed by atoms with E-state index >= 15 is 0 Å². The van der Waals surface area contributed by atoms with Gasteiger partial charge < -0.3 is 19.9 Å². The molecule has 1 heterocycles. The van der Waals surface area contributed by atoms with Crippen LogP contribution in [-0.2, 0) is 9.47 Å². The number of benzene rings is 1. The molecule has 130 valence electrons. The third kappa shape index (κ3) is 1.82. The number of rotatable bonds is 6. The van der Waals surface area contributed by atoms with Gasteiger partial charge in [0.15, 0.2) is 5.41 Å². The van der Waals surface area contributed by atoms with Gasteiger partial charge in [-0.05, 0) is 31.5 Å². The van der Waals surface area contributed by atoms with E-state index in [2.05, 4.69) is 17.1 Å².